The summed E-state index contributed by atoms with van der Waals surface area (Å²) in [5.41, 5.74) is 2.32. The molecule has 2 rings (SSSR count). The third-order valence-electron chi connectivity index (χ3n) is 4.35. The lowest BCUT2D eigenvalue weighted by atomic mass is 9.63. The summed E-state index contributed by atoms with van der Waals surface area (Å²) in [4.78, 5) is 10.9. The van der Waals surface area contributed by atoms with E-state index in [1.807, 2.05) is 13.0 Å². The summed E-state index contributed by atoms with van der Waals surface area (Å²) in [5.74, 6) is 0. The zero-order valence-corrected chi connectivity index (χ0v) is 13.7. The molecule has 21 heavy (non-hydrogen) atoms. The predicted octanol–water partition coefficient (Wildman–Crippen LogP) is 4.92. The van der Waals surface area contributed by atoms with E-state index in [9.17, 15) is 10.1 Å². The zero-order valence-electron chi connectivity index (χ0n) is 13.7. The first-order chi connectivity index (χ1) is 9.60. The van der Waals surface area contributed by atoms with Crippen molar-refractivity contribution in [2.75, 3.05) is 5.32 Å². The smallest absolute Gasteiger partial charge is 0.292 e. The largest absolute Gasteiger partial charge is 0.377 e. The Kier molecular flexibility index (Phi) is 4.00. The highest BCUT2D eigenvalue weighted by molar-refractivity contribution is 5.66. The average molecular weight is 290 g/mol. The van der Waals surface area contributed by atoms with Crippen LogP contribution in [0.25, 0.3) is 0 Å². The van der Waals surface area contributed by atoms with Crippen LogP contribution in [0.1, 0.15) is 52.5 Å². The normalized spacial score (nSPS) is 21.0. The molecule has 0 heterocycles. The molecule has 0 bridgehead atoms. The van der Waals surface area contributed by atoms with Crippen molar-refractivity contribution >= 4 is 11.4 Å². The van der Waals surface area contributed by atoms with Crippen LogP contribution in [0.3, 0.4) is 0 Å². The number of anilines is 1. The number of nitrogens with one attached hydrogen (secondary N) is 1. The molecule has 0 atom stereocenters. The minimum absolute atomic E-state index is 0.177. The summed E-state index contributed by atoms with van der Waals surface area (Å²) in [6.45, 7) is 11.1. The first kappa shape index (κ1) is 15.8. The Labute approximate surface area is 127 Å². The van der Waals surface area contributed by atoms with E-state index >= 15 is 0 Å². The summed E-state index contributed by atoms with van der Waals surface area (Å²) in [6.07, 6.45) is 3.28. The fourth-order valence-corrected chi connectivity index (χ4v) is 4.14. The Morgan fingerprint density at radius 1 is 1.19 bits per heavy atom. The third-order valence-corrected chi connectivity index (χ3v) is 4.35. The van der Waals surface area contributed by atoms with Crippen LogP contribution < -0.4 is 5.32 Å². The standard InChI is InChI=1S/C17H26N2O2/c1-12-7-6-8-14(19(20)21)15(12)18-13-9-16(2,3)11-17(4,5)10-13/h6-8,13,18H,9-11H2,1-5H3. The van der Waals surface area contributed by atoms with Gasteiger partial charge in [0, 0.05) is 12.1 Å². The van der Waals surface area contributed by atoms with Crippen LogP contribution in [0.15, 0.2) is 18.2 Å². The second kappa shape index (κ2) is 5.32. The maximum Gasteiger partial charge on any atom is 0.292 e. The fraction of sp³-hybridized carbons (Fsp3) is 0.647. The zero-order chi connectivity index (χ0) is 15.8. The van der Waals surface area contributed by atoms with Crippen LogP contribution in [0.5, 0.6) is 0 Å². The molecule has 1 aliphatic rings. The van der Waals surface area contributed by atoms with E-state index in [0.717, 1.165) is 18.4 Å². The maximum absolute atomic E-state index is 11.2. The van der Waals surface area contributed by atoms with E-state index in [1.165, 1.54) is 6.42 Å². The second-order valence-electron chi connectivity index (χ2n) is 7.98. The van der Waals surface area contributed by atoms with Gasteiger partial charge in [-0.25, -0.2) is 0 Å². The second-order valence-corrected chi connectivity index (χ2v) is 7.98. The molecular formula is C17H26N2O2. The molecule has 1 aromatic carbocycles. The number of benzene rings is 1. The summed E-state index contributed by atoms with van der Waals surface area (Å²) in [6, 6.07) is 5.53. The van der Waals surface area contributed by atoms with Gasteiger partial charge in [-0.2, -0.15) is 0 Å². The van der Waals surface area contributed by atoms with Gasteiger partial charge in [-0.05, 0) is 42.6 Å². The molecule has 0 radical (unpaired) electrons. The minimum Gasteiger partial charge on any atom is -0.377 e. The molecule has 1 fully saturated rings. The van der Waals surface area contributed by atoms with E-state index < -0.39 is 0 Å². The third kappa shape index (κ3) is 3.74. The van der Waals surface area contributed by atoms with E-state index in [2.05, 4.69) is 33.0 Å². The number of nitrogens with zero attached hydrogens (tertiary/aromatic N) is 1. The summed E-state index contributed by atoms with van der Waals surface area (Å²) in [5, 5.41) is 14.7. The summed E-state index contributed by atoms with van der Waals surface area (Å²) >= 11 is 0. The number of aryl methyl sites for hydroxylation is 1. The SMILES string of the molecule is Cc1cccc([N+](=O)[O-])c1NC1CC(C)(C)CC(C)(C)C1. The van der Waals surface area contributed by atoms with E-state index in [-0.39, 0.29) is 27.5 Å². The first-order valence-electron chi connectivity index (χ1n) is 7.60. The van der Waals surface area contributed by atoms with Gasteiger partial charge in [0.2, 0.25) is 0 Å². The monoisotopic (exact) mass is 290 g/mol. The lowest BCUT2D eigenvalue weighted by molar-refractivity contribution is -0.384. The number of hydrogen-bond acceptors (Lipinski definition) is 3. The van der Waals surface area contributed by atoms with Gasteiger partial charge in [0.15, 0.2) is 0 Å². The molecule has 0 spiro atoms. The van der Waals surface area contributed by atoms with Crippen molar-refractivity contribution in [3.8, 4) is 0 Å². The molecule has 1 aromatic rings. The Morgan fingerprint density at radius 3 is 2.29 bits per heavy atom. The van der Waals surface area contributed by atoms with Gasteiger partial charge in [-0.3, -0.25) is 10.1 Å². The first-order valence-corrected chi connectivity index (χ1v) is 7.60. The highest BCUT2D eigenvalue weighted by atomic mass is 16.6. The van der Waals surface area contributed by atoms with Crippen LogP contribution in [-0.2, 0) is 0 Å². The maximum atomic E-state index is 11.2. The molecule has 0 saturated heterocycles. The number of nitro groups is 1. The van der Waals surface area contributed by atoms with Crippen molar-refractivity contribution in [1.29, 1.82) is 0 Å². The van der Waals surface area contributed by atoms with Crippen LogP contribution in [0.4, 0.5) is 11.4 Å². The molecular weight excluding hydrogens is 264 g/mol. The Bertz CT molecular complexity index is 534. The van der Waals surface area contributed by atoms with Gasteiger partial charge < -0.3 is 5.32 Å². The van der Waals surface area contributed by atoms with E-state index in [0.29, 0.717) is 5.69 Å². The average Bonchev–Trinajstić information content (AvgIpc) is 2.27. The Morgan fingerprint density at radius 2 is 1.76 bits per heavy atom. The summed E-state index contributed by atoms with van der Waals surface area (Å²) in [7, 11) is 0. The van der Waals surface area contributed by atoms with Gasteiger partial charge in [-0.1, -0.05) is 39.8 Å². The van der Waals surface area contributed by atoms with E-state index in [4.69, 9.17) is 0 Å². The molecule has 0 aromatic heterocycles. The molecule has 1 saturated carbocycles. The number of rotatable bonds is 3. The van der Waals surface area contributed by atoms with Crippen molar-refractivity contribution in [1.82, 2.24) is 0 Å². The van der Waals surface area contributed by atoms with Crippen LogP contribution in [0.2, 0.25) is 0 Å². The topological polar surface area (TPSA) is 55.2 Å². The van der Waals surface area contributed by atoms with Crippen molar-refractivity contribution in [3.63, 3.8) is 0 Å². The number of para-hydroxylation sites is 1. The van der Waals surface area contributed by atoms with Crippen molar-refractivity contribution in [2.24, 2.45) is 10.8 Å². The van der Waals surface area contributed by atoms with Gasteiger partial charge in [-0.15, -0.1) is 0 Å². The molecule has 116 valence electrons. The van der Waals surface area contributed by atoms with Gasteiger partial charge in [0.1, 0.15) is 5.69 Å². The highest BCUT2D eigenvalue weighted by Gasteiger charge is 2.39. The van der Waals surface area contributed by atoms with Gasteiger partial charge in [0.05, 0.1) is 4.92 Å². The quantitative estimate of drug-likeness (QED) is 0.635. The van der Waals surface area contributed by atoms with Gasteiger partial charge in [0.25, 0.3) is 5.69 Å². The highest BCUT2D eigenvalue weighted by Crippen LogP contribution is 2.47. The Hall–Kier alpha value is -1.58. The molecule has 4 heteroatoms. The van der Waals surface area contributed by atoms with Crippen LogP contribution in [0, 0.1) is 27.9 Å². The van der Waals surface area contributed by atoms with Gasteiger partial charge >= 0.3 is 0 Å². The molecule has 0 amide bonds. The molecule has 0 unspecified atom stereocenters. The van der Waals surface area contributed by atoms with E-state index in [1.54, 1.807) is 12.1 Å². The van der Waals surface area contributed by atoms with Crippen LogP contribution in [-0.4, -0.2) is 11.0 Å². The lowest BCUT2D eigenvalue weighted by Gasteiger charge is -2.45. The number of nitro benzene ring substituents is 1. The molecule has 0 aliphatic heterocycles. The lowest BCUT2D eigenvalue weighted by Crippen LogP contribution is -2.40. The molecule has 1 aliphatic carbocycles. The molecule has 4 nitrogen and oxygen atoms in total. The number of hydrogen-bond donors (Lipinski definition) is 1. The molecule has 1 N–H and O–H groups in total. The van der Waals surface area contributed by atoms with Crippen LogP contribution >= 0.6 is 0 Å². The minimum atomic E-state index is -0.297. The van der Waals surface area contributed by atoms with Crippen molar-refractivity contribution < 1.29 is 4.92 Å². The fourth-order valence-electron chi connectivity index (χ4n) is 4.14. The Balaban J connectivity index is 2.28. The van der Waals surface area contributed by atoms with Crippen molar-refractivity contribution in [3.05, 3.63) is 33.9 Å². The predicted molar refractivity (Wildman–Crippen MR) is 86.7 cm³/mol. The summed E-state index contributed by atoms with van der Waals surface area (Å²) < 4.78 is 0. The van der Waals surface area contributed by atoms with Crippen molar-refractivity contribution in [2.45, 2.75) is 59.9 Å².